The highest BCUT2D eigenvalue weighted by Gasteiger charge is 2.30. The van der Waals surface area contributed by atoms with Gasteiger partial charge in [-0.15, -0.1) is 12.4 Å². The highest BCUT2D eigenvalue weighted by Crippen LogP contribution is 2.22. The zero-order valence-electron chi connectivity index (χ0n) is 10.5. The molecule has 0 aromatic rings. The van der Waals surface area contributed by atoms with E-state index in [9.17, 15) is 4.79 Å². The van der Waals surface area contributed by atoms with Gasteiger partial charge in [0.1, 0.15) is 0 Å². The molecule has 16 heavy (non-hydrogen) atoms. The Morgan fingerprint density at radius 2 is 1.81 bits per heavy atom. The van der Waals surface area contributed by atoms with Gasteiger partial charge in [0, 0.05) is 25.2 Å². The van der Waals surface area contributed by atoms with E-state index >= 15 is 0 Å². The molecule has 5 heteroatoms. The first-order valence-corrected chi connectivity index (χ1v) is 5.82. The van der Waals surface area contributed by atoms with Crippen LogP contribution >= 0.6 is 12.4 Å². The van der Waals surface area contributed by atoms with Crippen LogP contribution in [0.1, 0.15) is 26.7 Å². The quantitative estimate of drug-likeness (QED) is 0.780. The second-order valence-electron chi connectivity index (χ2n) is 4.37. The maximum absolute atomic E-state index is 11.8. The van der Waals surface area contributed by atoms with Gasteiger partial charge in [-0.25, -0.2) is 0 Å². The van der Waals surface area contributed by atoms with Crippen molar-refractivity contribution in [3.05, 3.63) is 0 Å². The zero-order valence-corrected chi connectivity index (χ0v) is 11.3. The lowest BCUT2D eigenvalue weighted by Gasteiger charge is -2.39. The van der Waals surface area contributed by atoms with Gasteiger partial charge in [-0.05, 0) is 33.7 Å². The topological polar surface area (TPSA) is 49.6 Å². The van der Waals surface area contributed by atoms with Crippen molar-refractivity contribution in [3.63, 3.8) is 0 Å². The third-order valence-electron chi connectivity index (χ3n) is 3.27. The molecule has 0 atom stereocenters. The van der Waals surface area contributed by atoms with Crippen LogP contribution in [0.15, 0.2) is 0 Å². The lowest BCUT2D eigenvalue weighted by molar-refractivity contribution is -0.132. The van der Waals surface area contributed by atoms with Gasteiger partial charge >= 0.3 is 0 Å². The van der Waals surface area contributed by atoms with E-state index in [-0.39, 0.29) is 18.3 Å². The fourth-order valence-corrected chi connectivity index (χ4v) is 2.01. The van der Waals surface area contributed by atoms with Crippen molar-refractivity contribution in [1.29, 1.82) is 0 Å². The maximum atomic E-state index is 11.8. The molecule has 0 heterocycles. The molecule has 2 N–H and O–H groups in total. The highest BCUT2D eigenvalue weighted by atomic mass is 35.5. The number of hydrogen-bond acceptors (Lipinski definition) is 3. The van der Waals surface area contributed by atoms with Crippen LogP contribution in [0.25, 0.3) is 0 Å². The van der Waals surface area contributed by atoms with E-state index in [0.29, 0.717) is 18.6 Å². The predicted octanol–water partition coefficient (Wildman–Crippen LogP) is 0.698. The van der Waals surface area contributed by atoms with Crippen LogP contribution in [-0.4, -0.2) is 54.5 Å². The molecular weight excluding hydrogens is 226 g/mol. The summed E-state index contributed by atoms with van der Waals surface area (Å²) in [6.45, 7) is 6.15. The first-order valence-electron chi connectivity index (χ1n) is 5.82. The number of hydrogen-bond donors (Lipinski definition) is 1. The molecule has 1 saturated carbocycles. The van der Waals surface area contributed by atoms with E-state index in [4.69, 9.17) is 5.73 Å². The van der Waals surface area contributed by atoms with Crippen molar-refractivity contribution in [3.8, 4) is 0 Å². The van der Waals surface area contributed by atoms with Crippen LogP contribution < -0.4 is 5.73 Å². The van der Waals surface area contributed by atoms with Gasteiger partial charge < -0.3 is 10.6 Å². The number of rotatable bonds is 5. The van der Waals surface area contributed by atoms with E-state index in [0.717, 1.165) is 25.9 Å². The zero-order chi connectivity index (χ0) is 11.4. The molecule has 0 aromatic heterocycles. The van der Waals surface area contributed by atoms with Crippen LogP contribution in [0, 0.1) is 0 Å². The third kappa shape index (κ3) is 3.92. The Kier molecular flexibility index (Phi) is 6.95. The summed E-state index contributed by atoms with van der Waals surface area (Å²) in [4.78, 5) is 15.8. The molecule has 1 aliphatic carbocycles. The second-order valence-corrected chi connectivity index (χ2v) is 4.37. The minimum absolute atomic E-state index is 0. The van der Waals surface area contributed by atoms with Crippen molar-refractivity contribution in [2.24, 2.45) is 5.73 Å². The fraction of sp³-hybridized carbons (Fsp3) is 0.909. The Hall–Kier alpha value is -0.320. The van der Waals surface area contributed by atoms with Gasteiger partial charge in [0.25, 0.3) is 0 Å². The number of carbonyl (C=O) groups excluding carboxylic acids is 1. The molecule has 0 spiro atoms. The Labute approximate surface area is 105 Å². The minimum atomic E-state index is 0. The maximum Gasteiger partial charge on any atom is 0.236 e. The highest BCUT2D eigenvalue weighted by molar-refractivity contribution is 5.85. The minimum Gasteiger partial charge on any atom is -0.342 e. The van der Waals surface area contributed by atoms with Crippen LogP contribution in [-0.2, 0) is 4.79 Å². The van der Waals surface area contributed by atoms with Crippen LogP contribution in [0.2, 0.25) is 0 Å². The van der Waals surface area contributed by atoms with E-state index < -0.39 is 0 Å². The molecule has 0 aliphatic heterocycles. The Bertz CT molecular complexity index is 215. The van der Waals surface area contributed by atoms with E-state index in [1.165, 1.54) is 0 Å². The molecule has 0 saturated heterocycles. The molecule has 4 nitrogen and oxygen atoms in total. The number of nitrogens with zero attached hydrogens (tertiary/aromatic N) is 2. The van der Waals surface area contributed by atoms with Crippen molar-refractivity contribution in [1.82, 2.24) is 9.80 Å². The van der Waals surface area contributed by atoms with Crippen LogP contribution in [0.3, 0.4) is 0 Å². The summed E-state index contributed by atoms with van der Waals surface area (Å²) in [5.41, 5.74) is 5.73. The first-order chi connectivity index (χ1) is 7.08. The number of likely N-dealkylation sites (N-methyl/N-ethyl adjacent to an activating group) is 2. The Morgan fingerprint density at radius 1 is 1.31 bits per heavy atom. The molecule has 0 unspecified atom stereocenters. The summed E-state index contributed by atoms with van der Waals surface area (Å²) in [5.74, 6) is 0.225. The average Bonchev–Trinajstić information content (AvgIpc) is 2.14. The molecule has 1 rings (SSSR count). The monoisotopic (exact) mass is 249 g/mol. The van der Waals surface area contributed by atoms with E-state index in [2.05, 4.69) is 4.90 Å². The summed E-state index contributed by atoms with van der Waals surface area (Å²) >= 11 is 0. The van der Waals surface area contributed by atoms with Gasteiger partial charge in [0.15, 0.2) is 0 Å². The number of halogens is 1. The fourth-order valence-electron chi connectivity index (χ4n) is 2.01. The molecule has 1 aliphatic rings. The summed E-state index contributed by atoms with van der Waals surface area (Å²) < 4.78 is 0. The molecule has 0 aromatic carbocycles. The normalized spacial score (nSPS) is 23.6. The molecule has 0 bridgehead atoms. The largest absolute Gasteiger partial charge is 0.342 e. The smallest absolute Gasteiger partial charge is 0.236 e. The summed E-state index contributed by atoms with van der Waals surface area (Å²) in [6, 6.07) is 0.862. The Balaban J connectivity index is 0.00000225. The molecule has 1 fully saturated rings. The van der Waals surface area contributed by atoms with Crippen LogP contribution in [0.4, 0.5) is 0 Å². The average molecular weight is 250 g/mol. The number of carbonyl (C=O) groups is 1. The van der Waals surface area contributed by atoms with Crippen molar-refractivity contribution in [2.75, 3.05) is 26.7 Å². The first kappa shape index (κ1) is 15.7. The van der Waals surface area contributed by atoms with Crippen molar-refractivity contribution in [2.45, 2.75) is 38.8 Å². The standard InChI is InChI=1S/C11H23N3O.ClH/c1-4-14(5-2)11(15)8-13(3)10-6-9(12)7-10;/h9-10H,4-8,12H2,1-3H3;1H. The molecular formula is C11H24ClN3O. The SMILES string of the molecule is CCN(CC)C(=O)CN(C)C1CC(N)C1.Cl. The molecule has 96 valence electrons. The number of amides is 1. The molecule has 1 amide bonds. The Morgan fingerprint density at radius 3 is 2.19 bits per heavy atom. The van der Waals surface area contributed by atoms with E-state index in [1.807, 2.05) is 25.8 Å². The number of nitrogens with two attached hydrogens (primary N) is 1. The summed E-state index contributed by atoms with van der Waals surface area (Å²) in [6.07, 6.45) is 2.06. The molecule has 0 radical (unpaired) electrons. The predicted molar refractivity (Wildman–Crippen MR) is 68.8 cm³/mol. The van der Waals surface area contributed by atoms with Gasteiger partial charge in [-0.1, -0.05) is 0 Å². The lowest BCUT2D eigenvalue weighted by Crippen LogP contribution is -2.52. The van der Waals surface area contributed by atoms with Crippen molar-refractivity contribution < 1.29 is 4.79 Å². The van der Waals surface area contributed by atoms with E-state index in [1.54, 1.807) is 0 Å². The van der Waals surface area contributed by atoms with Crippen LogP contribution in [0.5, 0.6) is 0 Å². The second kappa shape index (κ2) is 7.09. The summed E-state index contributed by atoms with van der Waals surface area (Å²) in [5, 5.41) is 0. The van der Waals surface area contributed by atoms with Gasteiger partial charge in [-0.2, -0.15) is 0 Å². The van der Waals surface area contributed by atoms with Gasteiger partial charge in [0.05, 0.1) is 6.54 Å². The summed E-state index contributed by atoms with van der Waals surface area (Å²) in [7, 11) is 2.01. The van der Waals surface area contributed by atoms with Gasteiger partial charge in [0.2, 0.25) is 5.91 Å². The lowest BCUT2D eigenvalue weighted by atomic mass is 9.86. The third-order valence-corrected chi connectivity index (χ3v) is 3.27. The van der Waals surface area contributed by atoms with Gasteiger partial charge in [-0.3, -0.25) is 9.69 Å². The van der Waals surface area contributed by atoms with Crippen molar-refractivity contribution >= 4 is 18.3 Å².